The van der Waals surface area contributed by atoms with Gasteiger partial charge in [0.2, 0.25) is 0 Å². The van der Waals surface area contributed by atoms with Gasteiger partial charge in [0, 0.05) is 12.1 Å². The number of nitrogens with two attached hydrogens (primary N) is 1. The summed E-state index contributed by atoms with van der Waals surface area (Å²) in [7, 11) is 1.32. The third-order valence-corrected chi connectivity index (χ3v) is 2.55. The van der Waals surface area contributed by atoms with Crippen molar-refractivity contribution in [2.75, 3.05) is 20.2 Å². The molecule has 7 heteroatoms. The Labute approximate surface area is 110 Å². The molecule has 1 aromatic carbocycles. The van der Waals surface area contributed by atoms with Crippen LogP contribution in [0.1, 0.15) is 17.3 Å². The maximum Gasteiger partial charge on any atom is 0.254 e. The number of methoxy groups -OCH3 is 1. The number of oxime groups is 1. The first-order chi connectivity index (χ1) is 9.03. The highest BCUT2D eigenvalue weighted by Crippen LogP contribution is 2.19. The minimum Gasteiger partial charge on any atom is -0.494 e. The zero-order valence-corrected chi connectivity index (χ0v) is 10.8. The van der Waals surface area contributed by atoms with E-state index in [-0.39, 0.29) is 29.6 Å². The molecule has 1 amide bonds. The van der Waals surface area contributed by atoms with E-state index in [0.29, 0.717) is 6.54 Å². The predicted molar refractivity (Wildman–Crippen MR) is 67.9 cm³/mol. The standard InChI is InChI=1S/C12H16FN3O3/c1-3-16(7-11(14)15-18)12(17)8-4-5-9(13)10(6-8)19-2/h4-6,18H,3,7H2,1-2H3,(H2,14,15). The number of amidine groups is 1. The molecular formula is C12H16FN3O3. The van der Waals surface area contributed by atoms with Crippen molar-refractivity contribution < 1.29 is 19.1 Å². The molecule has 0 saturated heterocycles. The topological polar surface area (TPSA) is 88.1 Å². The van der Waals surface area contributed by atoms with E-state index < -0.39 is 5.82 Å². The van der Waals surface area contributed by atoms with Gasteiger partial charge in [0.15, 0.2) is 17.4 Å². The Morgan fingerprint density at radius 1 is 1.58 bits per heavy atom. The first kappa shape index (κ1) is 14.7. The lowest BCUT2D eigenvalue weighted by molar-refractivity contribution is 0.0785. The lowest BCUT2D eigenvalue weighted by Gasteiger charge is -2.20. The van der Waals surface area contributed by atoms with Crippen LogP contribution >= 0.6 is 0 Å². The van der Waals surface area contributed by atoms with E-state index in [4.69, 9.17) is 15.7 Å². The van der Waals surface area contributed by atoms with Gasteiger partial charge in [-0.1, -0.05) is 5.16 Å². The average Bonchev–Trinajstić information content (AvgIpc) is 2.44. The largest absolute Gasteiger partial charge is 0.494 e. The molecule has 6 nitrogen and oxygen atoms in total. The minimum atomic E-state index is -0.543. The molecule has 0 atom stereocenters. The summed E-state index contributed by atoms with van der Waals surface area (Å²) in [6.07, 6.45) is 0. The molecule has 0 aliphatic heterocycles. The fourth-order valence-electron chi connectivity index (χ4n) is 1.53. The summed E-state index contributed by atoms with van der Waals surface area (Å²) < 4.78 is 18.1. The monoisotopic (exact) mass is 269 g/mol. The lowest BCUT2D eigenvalue weighted by atomic mass is 10.1. The number of nitrogens with zero attached hydrogens (tertiary/aromatic N) is 2. The number of ether oxygens (including phenoxy) is 1. The predicted octanol–water partition coefficient (Wildman–Crippen LogP) is 1.04. The first-order valence-electron chi connectivity index (χ1n) is 5.62. The van der Waals surface area contributed by atoms with Gasteiger partial charge in [0.25, 0.3) is 5.91 Å². The van der Waals surface area contributed by atoms with Crippen LogP contribution in [0.3, 0.4) is 0 Å². The number of carbonyl (C=O) groups excluding carboxylic acids is 1. The van der Waals surface area contributed by atoms with Crippen LogP contribution in [0.25, 0.3) is 0 Å². The quantitative estimate of drug-likeness (QED) is 0.362. The van der Waals surface area contributed by atoms with E-state index >= 15 is 0 Å². The molecule has 0 fully saturated rings. The number of benzene rings is 1. The van der Waals surface area contributed by atoms with Gasteiger partial charge >= 0.3 is 0 Å². The van der Waals surface area contributed by atoms with Gasteiger partial charge in [-0.05, 0) is 25.1 Å². The molecule has 0 unspecified atom stereocenters. The second-order valence-corrected chi connectivity index (χ2v) is 3.76. The lowest BCUT2D eigenvalue weighted by Crippen LogP contribution is -2.38. The van der Waals surface area contributed by atoms with E-state index in [0.717, 1.165) is 6.07 Å². The Hall–Kier alpha value is -2.31. The summed E-state index contributed by atoms with van der Waals surface area (Å²) in [6, 6.07) is 3.82. The molecule has 19 heavy (non-hydrogen) atoms. The number of carbonyl (C=O) groups is 1. The fraction of sp³-hybridized carbons (Fsp3) is 0.333. The maximum atomic E-state index is 13.3. The molecule has 1 rings (SSSR count). The summed E-state index contributed by atoms with van der Waals surface area (Å²) in [4.78, 5) is 13.5. The molecular weight excluding hydrogens is 253 g/mol. The van der Waals surface area contributed by atoms with Gasteiger partial charge in [0.1, 0.15) is 0 Å². The zero-order chi connectivity index (χ0) is 14.4. The summed E-state index contributed by atoms with van der Waals surface area (Å²) in [5, 5.41) is 11.3. The molecule has 0 aliphatic rings. The summed E-state index contributed by atoms with van der Waals surface area (Å²) in [6.45, 7) is 2.11. The zero-order valence-electron chi connectivity index (χ0n) is 10.8. The first-order valence-corrected chi connectivity index (χ1v) is 5.62. The van der Waals surface area contributed by atoms with Crippen LogP contribution in [0.2, 0.25) is 0 Å². The fourth-order valence-corrected chi connectivity index (χ4v) is 1.53. The molecule has 0 bridgehead atoms. The molecule has 0 aliphatic carbocycles. The van der Waals surface area contributed by atoms with Gasteiger partial charge in [-0.2, -0.15) is 0 Å². The van der Waals surface area contributed by atoms with Crippen molar-refractivity contribution in [3.63, 3.8) is 0 Å². The van der Waals surface area contributed by atoms with Crippen molar-refractivity contribution in [1.82, 2.24) is 4.90 Å². The van der Waals surface area contributed by atoms with Crippen molar-refractivity contribution in [3.8, 4) is 5.75 Å². The van der Waals surface area contributed by atoms with E-state index in [1.54, 1.807) is 6.92 Å². The molecule has 0 saturated carbocycles. The van der Waals surface area contributed by atoms with Crippen LogP contribution in [0, 0.1) is 5.82 Å². The number of amides is 1. The van der Waals surface area contributed by atoms with Crippen molar-refractivity contribution in [3.05, 3.63) is 29.6 Å². The molecule has 0 spiro atoms. The molecule has 0 aromatic heterocycles. The maximum absolute atomic E-state index is 13.3. The van der Waals surface area contributed by atoms with Gasteiger partial charge in [-0.3, -0.25) is 4.79 Å². The van der Waals surface area contributed by atoms with Crippen LogP contribution in [-0.4, -0.2) is 42.0 Å². The SMILES string of the molecule is CCN(C/C(N)=N/O)C(=O)c1ccc(F)c(OC)c1. The van der Waals surface area contributed by atoms with Gasteiger partial charge in [0.05, 0.1) is 13.7 Å². The highest BCUT2D eigenvalue weighted by atomic mass is 19.1. The Kier molecular flexibility index (Phi) is 5.11. The minimum absolute atomic E-state index is 0.00841. The van der Waals surface area contributed by atoms with E-state index in [1.165, 1.54) is 24.1 Å². The highest BCUT2D eigenvalue weighted by molar-refractivity contribution is 5.97. The second kappa shape index (κ2) is 6.58. The molecule has 104 valence electrons. The smallest absolute Gasteiger partial charge is 0.254 e. The third kappa shape index (κ3) is 3.57. The summed E-state index contributed by atoms with van der Waals surface area (Å²) >= 11 is 0. The van der Waals surface area contributed by atoms with Crippen LogP contribution in [0.5, 0.6) is 5.75 Å². The number of hydrogen-bond acceptors (Lipinski definition) is 4. The van der Waals surface area contributed by atoms with E-state index in [1.807, 2.05) is 0 Å². The van der Waals surface area contributed by atoms with E-state index in [2.05, 4.69) is 5.16 Å². The van der Waals surface area contributed by atoms with E-state index in [9.17, 15) is 9.18 Å². The van der Waals surface area contributed by atoms with Gasteiger partial charge in [-0.25, -0.2) is 4.39 Å². The number of rotatable bonds is 5. The average molecular weight is 269 g/mol. The Morgan fingerprint density at radius 2 is 2.26 bits per heavy atom. The molecule has 0 radical (unpaired) electrons. The molecule has 1 aromatic rings. The Bertz CT molecular complexity index is 491. The molecule has 3 N–H and O–H groups in total. The van der Waals surface area contributed by atoms with Crippen LogP contribution < -0.4 is 10.5 Å². The van der Waals surface area contributed by atoms with Crippen molar-refractivity contribution >= 4 is 11.7 Å². The van der Waals surface area contributed by atoms with Gasteiger partial charge in [-0.15, -0.1) is 0 Å². The second-order valence-electron chi connectivity index (χ2n) is 3.76. The Morgan fingerprint density at radius 3 is 2.79 bits per heavy atom. The third-order valence-electron chi connectivity index (χ3n) is 2.55. The van der Waals surface area contributed by atoms with Crippen molar-refractivity contribution in [2.24, 2.45) is 10.9 Å². The summed E-state index contributed by atoms with van der Waals surface area (Å²) in [5.74, 6) is -0.985. The molecule has 0 heterocycles. The number of hydrogen-bond donors (Lipinski definition) is 2. The summed E-state index contributed by atoms with van der Waals surface area (Å²) in [5.41, 5.74) is 5.64. The number of likely N-dealkylation sites (N-methyl/N-ethyl adjacent to an activating group) is 1. The number of halogens is 1. The van der Waals surface area contributed by atoms with Crippen LogP contribution in [0.15, 0.2) is 23.4 Å². The van der Waals surface area contributed by atoms with Crippen LogP contribution in [0.4, 0.5) is 4.39 Å². The Balaban J connectivity index is 2.97. The highest BCUT2D eigenvalue weighted by Gasteiger charge is 2.17. The van der Waals surface area contributed by atoms with Gasteiger partial charge < -0.3 is 20.6 Å². The normalized spacial score (nSPS) is 11.2. The van der Waals surface area contributed by atoms with Crippen molar-refractivity contribution in [1.29, 1.82) is 0 Å². The van der Waals surface area contributed by atoms with Crippen LogP contribution in [-0.2, 0) is 0 Å². The van der Waals surface area contributed by atoms with Crippen molar-refractivity contribution in [2.45, 2.75) is 6.92 Å².